The zero-order chi connectivity index (χ0) is 24.9. The lowest BCUT2D eigenvalue weighted by atomic mass is 9.94. The van der Waals surface area contributed by atoms with Crippen LogP contribution in [0.4, 0.5) is 5.69 Å². The van der Waals surface area contributed by atoms with Crippen molar-refractivity contribution in [3.05, 3.63) is 75.0 Å². The van der Waals surface area contributed by atoms with Crippen molar-refractivity contribution < 1.29 is 9.59 Å². The third kappa shape index (κ3) is 4.34. The highest BCUT2D eigenvalue weighted by atomic mass is 79.9. The van der Waals surface area contributed by atoms with Gasteiger partial charge in [-0.3, -0.25) is 9.59 Å². The molecule has 2 aliphatic heterocycles. The number of hydrogen-bond donors (Lipinski definition) is 3. The number of nitrogens with one attached hydrogen (secondary N) is 3. The Morgan fingerprint density at radius 1 is 1.09 bits per heavy atom. The molecule has 5 rings (SSSR count). The summed E-state index contributed by atoms with van der Waals surface area (Å²) in [5.74, 6) is -0.112. The van der Waals surface area contributed by atoms with Gasteiger partial charge in [-0.2, -0.15) is 0 Å². The van der Waals surface area contributed by atoms with E-state index in [-0.39, 0.29) is 23.9 Å². The molecule has 6 nitrogen and oxygen atoms in total. The Hall–Kier alpha value is -3.16. The van der Waals surface area contributed by atoms with Crippen LogP contribution in [-0.4, -0.2) is 46.9 Å². The number of anilines is 1. The monoisotopic (exact) mass is 532 g/mol. The van der Waals surface area contributed by atoms with E-state index < -0.39 is 0 Å². The van der Waals surface area contributed by atoms with E-state index in [1.807, 2.05) is 67.3 Å². The molecular formula is C28H29BrN4O2. The molecule has 0 aliphatic carbocycles. The van der Waals surface area contributed by atoms with Gasteiger partial charge in [0.05, 0.1) is 11.1 Å². The molecule has 2 aliphatic rings. The van der Waals surface area contributed by atoms with Gasteiger partial charge in [0.1, 0.15) is 0 Å². The molecule has 3 heterocycles. The van der Waals surface area contributed by atoms with Crippen LogP contribution >= 0.6 is 15.9 Å². The van der Waals surface area contributed by atoms with Gasteiger partial charge in [0, 0.05) is 52.3 Å². The number of aryl methyl sites for hydroxylation is 1. The molecule has 3 aromatic rings. The van der Waals surface area contributed by atoms with Crippen LogP contribution < -0.4 is 10.6 Å². The number of piperazine rings is 1. The van der Waals surface area contributed by atoms with Gasteiger partial charge in [0.25, 0.3) is 11.8 Å². The number of rotatable bonds is 3. The number of H-pyrrole nitrogens is 1. The summed E-state index contributed by atoms with van der Waals surface area (Å²) in [6.45, 7) is 9.42. The van der Waals surface area contributed by atoms with Crippen LogP contribution in [0.3, 0.4) is 0 Å². The average molecular weight is 533 g/mol. The fraction of sp³-hybridized carbons (Fsp3) is 0.286. The minimum atomic E-state index is -0.147. The number of fused-ring (bicyclic) bond motifs is 1. The van der Waals surface area contributed by atoms with Crippen LogP contribution in [0, 0.1) is 13.8 Å². The van der Waals surface area contributed by atoms with Crippen molar-refractivity contribution in [1.29, 1.82) is 0 Å². The first-order chi connectivity index (χ1) is 16.7. The molecule has 2 unspecified atom stereocenters. The van der Waals surface area contributed by atoms with E-state index >= 15 is 0 Å². The van der Waals surface area contributed by atoms with Crippen LogP contribution in [0.1, 0.15) is 46.7 Å². The predicted octanol–water partition coefficient (Wildman–Crippen LogP) is 5.38. The zero-order valence-electron chi connectivity index (χ0n) is 20.3. The first kappa shape index (κ1) is 23.6. The fourth-order valence-corrected chi connectivity index (χ4v) is 5.72. The van der Waals surface area contributed by atoms with Crippen LogP contribution in [0.15, 0.2) is 46.9 Å². The molecule has 0 spiro atoms. The number of halogens is 1. The van der Waals surface area contributed by atoms with Gasteiger partial charge < -0.3 is 20.5 Å². The van der Waals surface area contributed by atoms with Crippen LogP contribution in [0.5, 0.6) is 0 Å². The Bertz CT molecular complexity index is 1360. The van der Waals surface area contributed by atoms with E-state index in [1.165, 1.54) is 0 Å². The maximum atomic E-state index is 13.5. The minimum Gasteiger partial charge on any atom is -0.358 e. The SMILES string of the molecule is Cc1[nH]c(C=C2C(=O)Nc3cccc(-c4cccc(Br)c4)c32)c(C)c1C(=O)N1CC(C)NC(C)C1. The van der Waals surface area contributed by atoms with E-state index in [1.54, 1.807) is 0 Å². The number of carbonyl (C=O) groups is 2. The second kappa shape index (κ2) is 9.13. The van der Waals surface area contributed by atoms with Gasteiger partial charge in [0.15, 0.2) is 0 Å². The van der Waals surface area contributed by atoms with Crippen molar-refractivity contribution in [1.82, 2.24) is 15.2 Å². The number of hydrogen-bond acceptors (Lipinski definition) is 3. The van der Waals surface area contributed by atoms with E-state index in [4.69, 9.17) is 0 Å². The molecule has 0 saturated carbocycles. The number of carbonyl (C=O) groups excluding carboxylic acids is 2. The van der Waals surface area contributed by atoms with Crippen molar-refractivity contribution in [2.75, 3.05) is 18.4 Å². The molecule has 2 atom stereocenters. The third-order valence-corrected chi connectivity index (χ3v) is 7.28. The summed E-state index contributed by atoms with van der Waals surface area (Å²) < 4.78 is 0.978. The quantitative estimate of drug-likeness (QED) is 0.396. The number of aromatic amines is 1. The lowest BCUT2D eigenvalue weighted by molar-refractivity contribution is -0.110. The predicted molar refractivity (Wildman–Crippen MR) is 144 cm³/mol. The van der Waals surface area contributed by atoms with Gasteiger partial charge in [-0.25, -0.2) is 0 Å². The number of amides is 2. The smallest absolute Gasteiger partial charge is 0.256 e. The maximum Gasteiger partial charge on any atom is 0.256 e. The normalized spacial score (nSPS) is 20.8. The van der Waals surface area contributed by atoms with Crippen LogP contribution in [-0.2, 0) is 4.79 Å². The molecule has 2 aromatic carbocycles. The Morgan fingerprint density at radius 2 is 1.80 bits per heavy atom. The molecule has 2 amide bonds. The Kier molecular flexibility index (Phi) is 6.15. The lowest BCUT2D eigenvalue weighted by Gasteiger charge is -2.36. The van der Waals surface area contributed by atoms with E-state index in [0.717, 1.165) is 43.8 Å². The van der Waals surface area contributed by atoms with Gasteiger partial charge >= 0.3 is 0 Å². The standard InChI is InChI=1S/C28H29BrN4O2/c1-15-13-33(14-16(2)30-15)28(35)25-17(3)24(31-18(25)4)12-22-26-21(19-7-5-8-20(29)11-19)9-6-10-23(26)32-27(22)34/h5-12,15-16,30-31H,13-14H2,1-4H3,(H,32,34). The van der Waals surface area contributed by atoms with Crippen molar-refractivity contribution in [3.8, 4) is 11.1 Å². The van der Waals surface area contributed by atoms with E-state index in [9.17, 15) is 9.59 Å². The van der Waals surface area contributed by atoms with E-state index in [0.29, 0.717) is 24.2 Å². The highest BCUT2D eigenvalue weighted by Gasteiger charge is 2.31. The molecule has 3 N–H and O–H groups in total. The van der Waals surface area contributed by atoms with Gasteiger partial charge in [-0.15, -0.1) is 0 Å². The molecule has 180 valence electrons. The molecule has 1 saturated heterocycles. The number of nitrogens with zero attached hydrogens (tertiary/aromatic N) is 1. The first-order valence-electron chi connectivity index (χ1n) is 11.9. The Balaban J connectivity index is 1.56. The van der Waals surface area contributed by atoms with Crippen molar-refractivity contribution in [2.24, 2.45) is 0 Å². The number of benzene rings is 2. The Morgan fingerprint density at radius 3 is 2.51 bits per heavy atom. The van der Waals surface area contributed by atoms with E-state index in [2.05, 4.69) is 45.4 Å². The highest BCUT2D eigenvalue weighted by molar-refractivity contribution is 9.10. The fourth-order valence-electron chi connectivity index (χ4n) is 5.32. The maximum absolute atomic E-state index is 13.5. The number of aromatic nitrogens is 1. The Labute approximate surface area is 213 Å². The second-order valence-corrected chi connectivity index (χ2v) is 10.5. The lowest BCUT2D eigenvalue weighted by Crippen LogP contribution is -2.55. The molecule has 0 radical (unpaired) electrons. The second-order valence-electron chi connectivity index (χ2n) is 9.59. The van der Waals surface area contributed by atoms with Crippen molar-refractivity contribution in [3.63, 3.8) is 0 Å². The van der Waals surface area contributed by atoms with Crippen molar-refractivity contribution in [2.45, 2.75) is 39.8 Å². The zero-order valence-corrected chi connectivity index (χ0v) is 21.9. The van der Waals surface area contributed by atoms with Gasteiger partial charge in [-0.05, 0) is 68.7 Å². The average Bonchev–Trinajstić information content (AvgIpc) is 3.27. The summed E-state index contributed by atoms with van der Waals surface area (Å²) in [4.78, 5) is 31.8. The summed E-state index contributed by atoms with van der Waals surface area (Å²) in [5, 5.41) is 6.48. The minimum absolute atomic E-state index is 0.0344. The van der Waals surface area contributed by atoms with Crippen molar-refractivity contribution >= 4 is 45.1 Å². The molecule has 1 aromatic heterocycles. The molecule has 1 fully saturated rings. The van der Waals surface area contributed by atoms with Gasteiger partial charge in [0.2, 0.25) is 0 Å². The van der Waals surface area contributed by atoms with Crippen LogP contribution in [0.2, 0.25) is 0 Å². The summed E-state index contributed by atoms with van der Waals surface area (Å²) >= 11 is 3.55. The largest absolute Gasteiger partial charge is 0.358 e. The third-order valence-electron chi connectivity index (χ3n) is 6.79. The summed E-state index contributed by atoms with van der Waals surface area (Å²) in [6.07, 6.45) is 1.88. The van der Waals surface area contributed by atoms with Gasteiger partial charge in [-0.1, -0.05) is 40.2 Å². The topological polar surface area (TPSA) is 77.2 Å². The first-order valence-corrected chi connectivity index (χ1v) is 12.7. The molecule has 35 heavy (non-hydrogen) atoms. The molecule has 7 heteroatoms. The highest BCUT2D eigenvalue weighted by Crippen LogP contribution is 2.41. The van der Waals surface area contributed by atoms with Crippen LogP contribution in [0.25, 0.3) is 22.8 Å². The summed E-state index contributed by atoms with van der Waals surface area (Å²) in [6, 6.07) is 14.5. The summed E-state index contributed by atoms with van der Waals surface area (Å²) in [5.41, 5.74) is 7.41. The summed E-state index contributed by atoms with van der Waals surface area (Å²) in [7, 11) is 0. The molecular weight excluding hydrogens is 504 g/mol. The molecule has 0 bridgehead atoms.